The number of anilines is 1. The van der Waals surface area contributed by atoms with Crippen molar-refractivity contribution in [3.05, 3.63) is 55.4 Å². The second-order valence-electron chi connectivity index (χ2n) is 8.27. The topological polar surface area (TPSA) is 56.8 Å². The van der Waals surface area contributed by atoms with Gasteiger partial charge in [-0.15, -0.1) is 0 Å². The van der Waals surface area contributed by atoms with E-state index in [0.717, 1.165) is 55.8 Å². The Kier molecular flexibility index (Phi) is 8.65. The van der Waals surface area contributed by atoms with Gasteiger partial charge in [-0.05, 0) is 71.7 Å². The van der Waals surface area contributed by atoms with Gasteiger partial charge in [0.2, 0.25) is 0 Å². The van der Waals surface area contributed by atoms with Gasteiger partial charge in [-0.25, -0.2) is 4.79 Å². The van der Waals surface area contributed by atoms with Crippen molar-refractivity contribution in [3.63, 3.8) is 0 Å². The normalized spacial score (nSPS) is 17.8. The van der Waals surface area contributed by atoms with Crippen LogP contribution in [0.25, 0.3) is 0 Å². The molecule has 0 atom stereocenters. The van der Waals surface area contributed by atoms with Gasteiger partial charge in [-0.1, -0.05) is 40.9 Å². The van der Waals surface area contributed by atoms with E-state index in [2.05, 4.69) is 43.6 Å². The molecule has 2 amide bonds. The summed E-state index contributed by atoms with van der Waals surface area (Å²) in [5, 5.41) is 7.22. The van der Waals surface area contributed by atoms with Crippen LogP contribution in [-0.4, -0.2) is 61.2 Å². The predicted octanol–water partition coefficient (Wildman–Crippen LogP) is 5.89. The molecule has 2 N–H and O–H groups in total. The van der Waals surface area contributed by atoms with Crippen molar-refractivity contribution in [1.29, 1.82) is 0 Å². The Bertz CT molecular complexity index is 973. The molecule has 0 radical (unpaired) electrons. The quantitative estimate of drug-likeness (QED) is 0.466. The molecule has 4 rings (SSSR count). The predicted molar refractivity (Wildman–Crippen MR) is 138 cm³/mol. The highest BCUT2D eigenvalue weighted by Gasteiger charge is 2.23. The van der Waals surface area contributed by atoms with Crippen LogP contribution in [0.3, 0.4) is 0 Å². The number of ether oxygens (including phenoxy) is 1. The number of halogens is 4. The lowest BCUT2D eigenvalue weighted by atomic mass is 10.1. The van der Waals surface area contributed by atoms with Gasteiger partial charge < -0.3 is 20.3 Å². The van der Waals surface area contributed by atoms with E-state index in [4.69, 9.17) is 39.5 Å². The number of piperazine rings is 1. The summed E-state index contributed by atoms with van der Waals surface area (Å²) in [7, 11) is 0. The molecule has 0 spiro atoms. The molecule has 6 nitrogen and oxygen atoms in total. The van der Waals surface area contributed by atoms with Gasteiger partial charge in [-0.2, -0.15) is 0 Å². The van der Waals surface area contributed by atoms with Crippen LogP contribution in [-0.2, 0) is 6.54 Å². The molecule has 0 bridgehead atoms. The summed E-state index contributed by atoms with van der Waals surface area (Å²) in [6.07, 6.45) is 2.33. The third-order valence-electron chi connectivity index (χ3n) is 5.88. The van der Waals surface area contributed by atoms with E-state index in [1.54, 1.807) is 17.0 Å². The molecular formula is C23H26BrCl3N4O2. The zero-order chi connectivity index (χ0) is 23.4. The number of hydrogen-bond donors (Lipinski definition) is 2. The number of piperidine rings is 1. The minimum absolute atomic E-state index is 0.220. The Morgan fingerprint density at radius 2 is 1.73 bits per heavy atom. The first-order valence-electron chi connectivity index (χ1n) is 11.0. The van der Waals surface area contributed by atoms with Crippen LogP contribution in [0.1, 0.15) is 18.4 Å². The van der Waals surface area contributed by atoms with Gasteiger partial charge in [0.1, 0.15) is 11.9 Å². The van der Waals surface area contributed by atoms with Crippen molar-refractivity contribution in [2.75, 3.05) is 44.6 Å². The Morgan fingerprint density at radius 1 is 1.06 bits per heavy atom. The molecule has 2 aliphatic heterocycles. The van der Waals surface area contributed by atoms with Crippen molar-refractivity contribution in [1.82, 2.24) is 15.1 Å². The number of benzene rings is 2. The van der Waals surface area contributed by atoms with E-state index >= 15 is 0 Å². The zero-order valence-electron chi connectivity index (χ0n) is 18.1. The van der Waals surface area contributed by atoms with Gasteiger partial charge >= 0.3 is 6.03 Å². The summed E-state index contributed by atoms with van der Waals surface area (Å²) in [5.74, 6) is 0.895. The number of hydrogen-bond acceptors (Lipinski definition) is 4. The maximum Gasteiger partial charge on any atom is 0.322 e. The number of amides is 2. The summed E-state index contributed by atoms with van der Waals surface area (Å²) < 4.78 is 7.15. The average molecular weight is 577 g/mol. The van der Waals surface area contributed by atoms with Crippen molar-refractivity contribution in [2.45, 2.75) is 25.5 Å². The van der Waals surface area contributed by atoms with E-state index in [0.29, 0.717) is 33.8 Å². The molecule has 2 aromatic rings. The van der Waals surface area contributed by atoms with Crippen LogP contribution in [0, 0.1) is 0 Å². The Hall–Kier alpha value is -1.22. The molecule has 33 heavy (non-hydrogen) atoms. The second kappa shape index (κ2) is 11.5. The van der Waals surface area contributed by atoms with Crippen LogP contribution in [0.4, 0.5) is 10.5 Å². The highest BCUT2D eigenvalue weighted by atomic mass is 79.9. The first-order chi connectivity index (χ1) is 15.9. The number of rotatable bonds is 5. The molecular weight excluding hydrogens is 551 g/mol. The summed E-state index contributed by atoms with van der Waals surface area (Å²) in [6, 6.07) is 9.19. The maximum absolute atomic E-state index is 12.7. The van der Waals surface area contributed by atoms with Crippen LogP contribution >= 0.6 is 50.7 Å². The molecule has 0 aliphatic carbocycles. The van der Waals surface area contributed by atoms with Gasteiger partial charge in [0, 0.05) is 37.7 Å². The van der Waals surface area contributed by atoms with E-state index in [1.165, 1.54) is 5.56 Å². The van der Waals surface area contributed by atoms with E-state index in [1.807, 2.05) is 6.07 Å². The Balaban J connectivity index is 1.27. The number of nitrogens with one attached hydrogen (secondary N) is 2. The van der Waals surface area contributed by atoms with Crippen LogP contribution in [0.5, 0.6) is 5.75 Å². The van der Waals surface area contributed by atoms with E-state index in [9.17, 15) is 4.79 Å². The van der Waals surface area contributed by atoms with E-state index < -0.39 is 0 Å². The van der Waals surface area contributed by atoms with Crippen molar-refractivity contribution in [2.24, 2.45) is 0 Å². The molecule has 0 unspecified atom stereocenters. The molecule has 2 saturated heterocycles. The highest BCUT2D eigenvalue weighted by Crippen LogP contribution is 2.34. The maximum atomic E-state index is 12.7. The minimum atomic E-state index is -0.220. The molecule has 2 heterocycles. The average Bonchev–Trinajstić information content (AvgIpc) is 2.79. The standard InChI is InChI=1S/C23H26BrCl3N4O2/c24-18-11-15(1-2-21(18)33-17-3-5-28-6-4-17)14-30-7-9-31(10-8-30)23(32)29-22-19(26)12-16(25)13-20(22)27/h1-2,11-13,17,28H,3-10,14H2,(H,29,32). The lowest BCUT2D eigenvalue weighted by Gasteiger charge is -2.35. The lowest BCUT2D eigenvalue weighted by molar-refractivity contribution is 0.142. The number of carbonyl (C=O) groups is 1. The van der Waals surface area contributed by atoms with Gasteiger partial charge in [-0.3, -0.25) is 4.90 Å². The van der Waals surface area contributed by atoms with Gasteiger partial charge in [0.05, 0.1) is 20.2 Å². The summed E-state index contributed by atoms with van der Waals surface area (Å²) in [6.45, 7) is 5.62. The number of urea groups is 1. The number of carbonyl (C=O) groups excluding carboxylic acids is 1. The Morgan fingerprint density at radius 3 is 2.36 bits per heavy atom. The van der Waals surface area contributed by atoms with Crippen LogP contribution in [0.15, 0.2) is 34.8 Å². The molecule has 2 fully saturated rings. The van der Waals surface area contributed by atoms with Gasteiger partial charge in [0.25, 0.3) is 0 Å². The SMILES string of the molecule is O=C(Nc1c(Cl)cc(Cl)cc1Cl)N1CCN(Cc2ccc(OC3CCNCC3)c(Br)c2)CC1. The Labute approximate surface area is 217 Å². The zero-order valence-corrected chi connectivity index (χ0v) is 21.9. The lowest BCUT2D eigenvalue weighted by Crippen LogP contribution is -2.49. The first kappa shape index (κ1) is 24.9. The summed E-state index contributed by atoms with van der Waals surface area (Å²) in [5.41, 5.74) is 1.59. The van der Waals surface area contributed by atoms with Crippen LogP contribution in [0.2, 0.25) is 15.1 Å². The highest BCUT2D eigenvalue weighted by molar-refractivity contribution is 9.10. The molecule has 2 aliphatic rings. The van der Waals surface area contributed by atoms with Crippen LogP contribution < -0.4 is 15.4 Å². The van der Waals surface area contributed by atoms with E-state index in [-0.39, 0.29) is 12.1 Å². The second-order valence-corrected chi connectivity index (χ2v) is 10.4. The monoisotopic (exact) mass is 574 g/mol. The first-order valence-corrected chi connectivity index (χ1v) is 12.9. The fraction of sp³-hybridized carbons (Fsp3) is 0.435. The molecule has 178 valence electrons. The third kappa shape index (κ3) is 6.68. The molecule has 10 heteroatoms. The van der Waals surface area contributed by atoms with Crippen molar-refractivity contribution in [3.8, 4) is 5.75 Å². The van der Waals surface area contributed by atoms with Crippen molar-refractivity contribution >= 4 is 62.5 Å². The minimum Gasteiger partial charge on any atom is -0.489 e. The number of nitrogens with zero attached hydrogens (tertiary/aromatic N) is 2. The largest absolute Gasteiger partial charge is 0.489 e. The van der Waals surface area contributed by atoms with Gasteiger partial charge in [0.15, 0.2) is 0 Å². The summed E-state index contributed by atoms with van der Waals surface area (Å²) in [4.78, 5) is 16.8. The molecule has 0 saturated carbocycles. The smallest absolute Gasteiger partial charge is 0.322 e. The third-order valence-corrected chi connectivity index (χ3v) is 7.31. The fourth-order valence-electron chi connectivity index (χ4n) is 4.05. The summed E-state index contributed by atoms with van der Waals surface area (Å²) >= 11 is 22.0. The molecule has 2 aromatic carbocycles. The van der Waals surface area contributed by atoms with Crippen molar-refractivity contribution < 1.29 is 9.53 Å². The molecule has 0 aromatic heterocycles. The fourth-order valence-corrected chi connectivity index (χ4v) is 5.48.